The maximum absolute atomic E-state index is 12.3. The van der Waals surface area contributed by atoms with E-state index in [2.05, 4.69) is 15.6 Å². The molecule has 0 saturated carbocycles. The lowest BCUT2D eigenvalue weighted by atomic mass is 10.2. The monoisotopic (exact) mass is 373 g/mol. The van der Waals surface area contributed by atoms with Crippen LogP contribution in [0.2, 0.25) is 0 Å². The number of rotatable bonds is 4. The molecule has 1 atom stereocenters. The summed E-state index contributed by atoms with van der Waals surface area (Å²) in [6, 6.07) is 11.5. The lowest BCUT2D eigenvalue weighted by Gasteiger charge is -2.11. The van der Waals surface area contributed by atoms with Crippen LogP contribution in [-0.2, 0) is 9.84 Å². The molecule has 7 nitrogen and oxygen atoms in total. The first-order chi connectivity index (χ1) is 12.3. The number of anilines is 1. The molecule has 1 aliphatic rings. The Morgan fingerprint density at radius 3 is 2.42 bits per heavy atom. The Morgan fingerprint density at radius 2 is 1.77 bits per heavy atom. The molecule has 3 rings (SSSR count). The van der Waals surface area contributed by atoms with Gasteiger partial charge in [0.15, 0.2) is 9.84 Å². The van der Waals surface area contributed by atoms with Crippen molar-refractivity contribution >= 4 is 27.3 Å². The predicted molar refractivity (Wildman–Crippen MR) is 97.9 cm³/mol. The number of benzene rings is 1. The van der Waals surface area contributed by atoms with E-state index >= 15 is 0 Å². The van der Waals surface area contributed by atoms with Crippen LogP contribution in [-0.4, -0.2) is 42.8 Å². The minimum atomic E-state index is -3.08. The molecule has 1 aromatic carbocycles. The van der Waals surface area contributed by atoms with Gasteiger partial charge in [-0.1, -0.05) is 18.2 Å². The van der Waals surface area contributed by atoms with Crippen LogP contribution in [0.25, 0.3) is 0 Å². The summed E-state index contributed by atoms with van der Waals surface area (Å²) in [5.41, 5.74) is 1.84. The Balaban J connectivity index is 1.69. The second kappa shape index (κ2) is 7.25. The van der Waals surface area contributed by atoms with Gasteiger partial charge in [0.25, 0.3) is 11.8 Å². The quantitative estimate of drug-likeness (QED) is 0.846. The van der Waals surface area contributed by atoms with Gasteiger partial charge in [-0.15, -0.1) is 0 Å². The number of carbonyl (C=O) groups is 2. The van der Waals surface area contributed by atoms with Gasteiger partial charge in [-0.3, -0.25) is 9.59 Å². The fourth-order valence-electron chi connectivity index (χ4n) is 2.77. The molecule has 0 radical (unpaired) electrons. The highest BCUT2D eigenvalue weighted by Gasteiger charge is 2.29. The Labute approximate surface area is 151 Å². The molecule has 2 aromatic rings. The van der Waals surface area contributed by atoms with Crippen molar-refractivity contribution in [2.45, 2.75) is 19.4 Å². The van der Waals surface area contributed by atoms with Crippen LogP contribution in [0, 0.1) is 6.92 Å². The molecule has 1 aliphatic heterocycles. The Bertz CT molecular complexity index is 956. The van der Waals surface area contributed by atoms with Crippen LogP contribution >= 0.6 is 0 Å². The standard InChI is InChI=1S/C18H19N3O4S/c1-12-4-2-5-13(10-12)19-17(22)15-6-3-7-16(21-15)18(23)20-14-8-9-26(24,25)11-14/h2-7,10,14H,8-9,11H2,1H3,(H,19,22)(H,20,23). The number of aromatic nitrogens is 1. The second-order valence-corrected chi connectivity index (χ2v) is 8.53. The zero-order chi connectivity index (χ0) is 18.7. The fourth-order valence-corrected chi connectivity index (χ4v) is 4.45. The van der Waals surface area contributed by atoms with Crippen LogP contribution in [0.4, 0.5) is 5.69 Å². The molecule has 1 aromatic heterocycles. The average molecular weight is 373 g/mol. The van der Waals surface area contributed by atoms with Crippen LogP contribution in [0.15, 0.2) is 42.5 Å². The van der Waals surface area contributed by atoms with E-state index in [1.807, 2.05) is 25.1 Å². The third-order valence-electron chi connectivity index (χ3n) is 4.06. The van der Waals surface area contributed by atoms with Gasteiger partial charge in [-0.05, 0) is 43.2 Å². The molecular formula is C18H19N3O4S. The molecule has 0 spiro atoms. The molecular weight excluding hydrogens is 354 g/mol. The molecule has 0 bridgehead atoms. The van der Waals surface area contributed by atoms with Crippen molar-refractivity contribution in [2.75, 3.05) is 16.8 Å². The lowest BCUT2D eigenvalue weighted by Crippen LogP contribution is -2.36. The first-order valence-electron chi connectivity index (χ1n) is 8.19. The fraction of sp³-hybridized carbons (Fsp3) is 0.278. The van der Waals surface area contributed by atoms with Crippen molar-refractivity contribution in [1.82, 2.24) is 10.3 Å². The van der Waals surface area contributed by atoms with Crippen molar-refractivity contribution in [2.24, 2.45) is 0 Å². The maximum atomic E-state index is 12.3. The third kappa shape index (κ3) is 4.45. The largest absolute Gasteiger partial charge is 0.347 e. The summed E-state index contributed by atoms with van der Waals surface area (Å²) in [5.74, 6) is -0.901. The summed E-state index contributed by atoms with van der Waals surface area (Å²) in [4.78, 5) is 28.7. The van der Waals surface area contributed by atoms with Gasteiger partial charge in [0.2, 0.25) is 0 Å². The van der Waals surface area contributed by atoms with Crippen molar-refractivity contribution in [3.05, 3.63) is 59.4 Å². The van der Waals surface area contributed by atoms with E-state index in [1.54, 1.807) is 12.1 Å². The number of amides is 2. The number of carbonyl (C=O) groups excluding carboxylic acids is 2. The summed E-state index contributed by atoms with van der Waals surface area (Å²) in [7, 11) is -3.08. The van der Waals surface area contributed by atoms with Crippen molar-refractivity contribution in [3.63, 3.8) is 0 Å². The van der Waals surface area contributed by atoms with Gasteiger partial charge in [-0.2, -0.15) is 0 Å². The SMILES string of the molecule is Cc1cccc(NC(=O)c2cccc(C(=O)NC3CCS(=O)(=O)C3)n2)c1. The highest BCUT2D eigenvalue weighted by Crippen LogP contribution is 2.13. The topological polar surface area (TPSA) is 105 Å². The van der Waals surface area contributed by atoms with E-state index in [0.717, 1.165) is 5.56 Å². The minimum Gasteiger partial charge on any atom is -0.347 e. The number of aryl methyl sites for hydroxylation is 1. The molecule has 26 heavy (non-hydrogen) atoms. The van der Waals surface area contributed by atoms with Gasteiger partial charge < -0.3 is 10.6 Å². The Kier molecular flexibility index (Phi) is 5.03. The Morgan fingerprint density at radius 1 is 1.08 bits per heavy atom. The summed E-state index contributed by atoms with van der Waals surface area (Å²) in [5, 5.41) is 5.40. The van der Waals surface area contributed by atoms with Gasteiger partial charge in [0.1, 0.15) is 11.4 Å². The zero-order valence-corrected chi connectivity index (χ0v) is 15.0. The molecule has 0 aliphatic carbocycles. The van der Waals surface area contributed by atoms with Crippen molar-refractivity contribution in [1.29, 1.82) is 0 Å². The molecule has 136 valence electrons. The van der Waals surface area contributed by atoms with Crippen LogP contribution < -0.4 is 10.6 Å². The van der Waals surface area contributed by atoms with E-state index in [0.29, 0.717) is 12.1 Å². The summed E-state index contributed by atoms with van der Waals surface area (Å²) >= 11 is 0. The summed E-state index contributed by atoms with van der Waals surface area (Å²) in [6.45, 7) is 1.92. The van der Waals surface area contributed by atoms with E-state index in [4.69, 9.17) is 0 Å². The molecule has 2 heterocycles. The van der Waals surface area contributed by atoms with Crippen LogP contribution in [0.3, 0.4) is 0 Å². The number of nitrogens with one attached hydrogen (secondary N) is 2. The van der Waals surface area contributed by atoms with Gasteiger partial charge in [-0.25, -0.2) is 13.4 Å². The predicted octanol–water partition coefficient (Wildman–Crippen LogP) is 1.56. The zero-order valence-electron chi connectivity index (χ0n) is 14.2. The molecule has 2 amide bonds. The number of pyridine rings is 1. The van der Waals surface area contributed by atoms with Crippen LogP contribution in [0.1, 0.15) is 33.0 Å². The third-order valence-corrected chi connectivity index (χ3v) is 5.83. The van der Waals surface area contributed by atoms with Crippen molar-refractivity contribution in [3.8, 4) is 0 Å². The smallest absolute Gasteiger partial charge is 0.274 e. The molecule has 2 N–H and O–H groups in total. The number of hydrogen-bond donors (Lipinski definition) is 2. The number of nitrogens with zero attached hydrogens (tertiary/aromatic N) is 1. The first-order valence-corrected chi connectivity index (χ1v) is 10.0. The van der Waals surface area contributed by atoms with Gasteiger partial charge in [0.05, 0.1) is 11.5 Å². The van der Waals surface area contributed by atoms with Gasteiger partial charge in [0, 0.05) is 11.7 Å². The van der Waals surface area contributed by atoms with E-state index in [9.17, 15) is 18.0 Å². The molecule has 1 saturated heterocycles. The first kappa shape index (κ1) is 18.1. The van der Waals surface area contributed by atoms with E-state index in [-0.39, 0.29) is 22.9 Å². The maximum Gasteiger partial charge on any atom is 0.274 e. The summed E-state index contributed by atoms with van der Waals surface area (Å²) in [6.07, 6.45) is 0.390. The highest BCUT2D eigenvalue weighted by molar-refractivity contribution is 7.91. The average Bonchev–Trinajstić information content (AvgIpc) is 2.93. The number of sulfone groups is 1. The molecule has 1 fully saturated rings. The van der Waals surface area contributed by atoms with Crippen molar-refractivity contribution < 1.29 is 18.0 Å². The Hall–Kier alpha value is -2.74. The van der Waals surface area contributed by atoms with E-state index < -0.39 is 27.7 Å². The highest BCUT2D eigenvalue weighted by atomic mass is 32.2. The lowest BCUT2D eigenvalue weighted by molar-refractivity contribution is 0.0936. The van der Waals surface area contributed by atoms with E-state index in [1.165, 1.54) is 12.1 Å². The molecule has 8 heteroatoms. The second-order valence-electron chi connectivity index (χ2n) is 6.31. The normalized spacial score (nSPS) is 18.3. The minimum absolute atomic E-state index is 0.0632. The number of hydrogen-bond acceptors (Lipinski definition) is 5. The van der Waals surface area contributed by atoms with Gasteiger partial charge >= 0.3 is 0 Å². The van der Waals surface area contributed by atoms with Crippen LogP contribution in [0.5, 0.6) is 0 Å². The molecule has 1 unspecified atom stereocenters. The summed E-state index contributed by atoms with van der Waals surface area (Å²) < 4.78 is 23.0.